The van der Waals surface area contributed by atoms with Gasteiger partial charge < -0.3 is 14.7 Å². The van der Waals surface area contributed by atoms with Crippen molar-refractivity contribution >= 4 is 11.7 Å². The molecule has 0 spiro atoms. The summed E-state index contributed by atoms with van der Waals surface area (Å²) >= 11 is 0. The molecule has 1 aliphatic heterocycles. The van der Waals surface area contributed by atoms with Gasteiger partial charge in [-0.2, -0.15) is 18.3 Å². The van der Waals surface area contributed by atoms with Crippen molar-refractivity contribution < 1.29 is 27.8 Å². The lowest BCUT2D eigenvalue weighted by molar-refractivity contribution is -0.192. The van der Waals surface area contributed by atoms with Gasteiger partial charge >= 0.3 is 12.1 Å². The Hall–Kier alpha value is -2.66. The topological polar surface area (TPSA) is 94.6 Å². The first kappa shape index (κ1) is 22.6. The van der Waals surface area contributed by atoms with Crippen LogP contribution in [-0.2, 0) is 22.6 Å². The summed E-state index contributed by atoms with van der Waals surface area (Å²) in [5.74, 6) is -1.09. The lowest BCUT2D eigenvalue weighted by Crippen LogP contribution is -2.47. The summed E-state index contributed by atoms with van der Waals surface area (Å²) in [5, 5.41) is 14.3. The number of rotatable bonds is 6. The van der Waals surface area contributed by atoms with Gasteiger partial charge in [0.25, 0.3) is 0 Å². The number of aliphatic carboxylic acids is 1. The van der Waals surface area contributed by atoms with Crippen LogP contribution in [-0.4, -0.2) is 77.2 Å². The van der Waals surface area contributed by atoms with E-state index in [-0.39, 0.29) is 0 Å². The second-order valence-corrected chi connectivity index (χ2v) is 6.35. The first-order valence-corrected chi connectivity index (χ1v) is 9.01. The second kappa shape index (κ2) is 10.8. The minimum absolute atomic E-state index is 0.489. The van der Waals surface area contributed by atoms with E-state index in [0.29, 0.717) is 6.61 Å². The van der Waals surface area contributed by atoms with Gasteiger partial charge in [0.1, 0.15) is 6.61 Å². The Labute approximate surface area is 166 Å². The molecule has 160 valence electrons. The van der Waals surface area contributed by atoms with Crippen molar-refractivity contribution in [3.05, 3.63) is 42.0 Å². The summed E-state index contributed by atoms with van der Waals surface area (Å²) in [4.78, 5) is 18.2. The number of para-hydroxylation sites is 1. The number of hydrogen-bond donors (Lipinski definition) is 2. The molecule has 11 heteroatoms. The average Bonchev–Trinajstić information content (AvgIpc) is 3.15. The first-order valence-electron chi connectivity index (χ1n) is 9.01. The molecule has 3 rings (SSSR count). The fourth-order valence-electron chi connectivity index (χ4n) is 2.77. The molecule has 0 amide bonds. The number of alkyl halides is 3. The minimum atomic E-state index is -5.08. The summed E-state index contributed by atoms with van der Waals surface area (Å²) in [6, 6.07) is 10.6. The molecular weight excluding hydrogens is 391 g/mol. The number of aromatic amines is 1. The predicted octanol–water partition coefficient (Wildman–Crippen LogP) is 1.95. The number of ether oxygens (including phenoxy) is 1. The van der Waals surface area contributed by atoms with Crippen molar-refractivity contribution in [1.82, 2.24) is 20.1 Å². The molecule has 1 fully saturated rings. The van der Waals surface area contributed by atoms with Gasteiger partial charge in [0.2, 0.25) is 0 Å². The number of hydrogen-bond acceptors (Lipinski definition) is 6. The van der Waals surface area contributed by atoms with Crippen molar-refractivity contribution in [2.75, 3.05) is 44.7 Å². The molecule has 0 aliphatic carbocycles. The van der Waals surface area contributed by atoms with Gasteiger partial charge in [-0.25, -0.2) is 9.78 Å². The Morgan fingerprint density at radius 1 is 1.21 bits per heavy atom. The molecule has 0 radical (unpaired) electrons. The van der Waals surface area contributed by atoms with Crippen LogP contribution in [0.4, 0.5) is 18.9 Å². The Morgan fingerprint density at radius 3 is 2.38 bits per heavy atom. The van der Waals surface area contributed by atoms with E-state index in [1.807, 2.05) is 0 Å². The number of piperazine rings is 1. The van der Waals surface area contributed by atoms with E-state index in [9.17, 15) is 13.2 Å². The van der Waals surface area contributed by atoms with Gasteiger partial charge in [-0.05, 0) is 12.1 Å². The SMILES string of the molecule is COCc1nc(CCN2CCN(c3ccccc3)CC2)n[nH]1.O=C(O)C(F)(F)F. The lowest BCUT2D eigenvalue weighted by Gasteiger charge is -2.35. The highest BCUT2D eigenvalue weighted by molar-refractivity contribution is 5.73. The van der Waals surface area contributed by atoms with E-state index in [2.05, 4.69) is 55.3 Å². The molecule has 1 aromatic carbocycles. The molecule has 1 aromatic heterocycles. The van der Waals surface area contributed by atoms with Crippen LogP contribution in [0.25, 0.3) is 0 Å². The van der Waals surface area contributed by atoms with E-state index in [4.69, 9.17) is 14.6 Å². The van der Waals surface area contributed by atoms with E-state index in [0.717, 1.165) is 50.8 Å². The lowest BCUT2D eigenvalue weighted by atomic mass is 10.2. The Bertz CT molecular complexity index is 747. The molecule has 8 nitrogen and oxygen atoms in total. The van der Waals surface area contributed by atoms with Crippen LogP contribution < -0.4 is 4.90 Å². The van der Waals surface area contributed by atoms with Gasteiger partial charge in [-0.15, -0.1) is 0 Å². The molecule has 0 saturated carbocycles. The Morgan fingerprint density at radius 2 is 1.83 bits per heavy atom. The van der Waals surface area contributed by atoms with Crippen molar-refractivity contribution in [2.45, 2.75) is 19.2 Å². The van der Waals surface area contributed by atoms with Gasteiger partial charge in [-0.3, -0.25) is 10.00 Å². The molecule has 29 heavy (non-hydrogen) atoms. The second-order valence-electron chi connectivity index (χ2n) is 6.35. The van der Waals surface area contributed by atoms with Crippen LogP contribution >= 0.6 is 0 Å². The predicted molar refractivity (Wildman–Crippen MR) is 99.6 cm³/mol. The fourth-order valence-corrected chi connectivity index (χ4v) is 2.77. The summed E-state index contributed by atoms with van der Waals surface area (Å²) in [6.07, 6.45) is -4.20. The number of carboxylic acids is 1. The smallest absolute Gasteiger partial charge is 0.475 e. The van der Waals surface area contributed by atoms with Crippen LogP contribution in [0.2, 0.25) is 0 Å². The number of anilines is 1. The molecule has 2 heterocycles. The monoisotopic (exact) mass is 415 g/mol. The number of carboxylic acid groups (broad SMARTS) is 1. The molecule has 2 aromatic rings. The number of aromatic nitrogens is 3. The molecule has 0 unspecified atom stereocenters. The average molecular weight is 415 g/mol. The number of carbonyl (C=O) groups is 1. The maximum atomic E-state index is 10.6. The van der Waals surface area contributed by atoms with Crippen LogP contribution in [0, 0.1) is 0 Å². The van der Waals surface area contributed by atoms with Crippen molar-refractivity contribution in [3.8, 4) is 0 Å². The molecule has 0 atom stereocenters. The number of halogens is 3. The Balaban J connectivity index is 0.000000370. The quantitative estimate of drug-likeness (QED) is 0.745. The number of nitrogens with zero attached hydrogens (tertiary/aromatic N) is 4. The van der Waals surface area contributed by atoms with Crippen LogP contribution in [0.15, 0.2) is 30.3 Å². The van der Waals surface area contributed by atoms with E-state index in [1.54, 1.807) is 7.11 Å². The summed E-state index contributed by atoms with van der Waals surface area (Å²) in [6.45, 7) is 5.82. The zero-order valence-electron chi connectivity index (χ0n) is 16.0. The van der Waals surface area contributed by atoms with Crippen LogP contribution in [0.5, 0.6) is 0 Å². The number of benzene rings is 1. The summed E-state index contributed by atoms with van der Waals surface area (Å²) in [5.41, 5.74) is 1.32. The van der Waals surface area contributed by atoms with Gasteiger partial charge in [0.15, 0.2) is 11.6 Å². The molecule has 1 saturated heterocycles. The molecule has 1 aliphatic rings. The van der Waals surface area contributed by atoms with Crippen LogP contribution in [0.3, 0.4) is 0 Å². The van der Waals surface area contributed by atoms with Gasteiger partial charge in [0.05, 0.1) is 0 Å². The number of methoxy groups -OCH3 is 1. The highest BCUT2D eigenvalue weighted by Crippen LogP contribution is 2.15. The fraction of sp³-hybridized carbons (Fsp3) is 0.500. The molecule has 2 N–H and O–H groups in total. The van der Waals surface area contributed by atoms with Crippen molar-refractivity contribution in [2.24, 2.45) is 0 Å². The van der Waals surface area contributed by atoms with Gasteiger partial charge in [-0.1, -0.05) is 18.2 Å². The third-order valence-corrected chi connectivity index (χ3v) is 4.25. The molecule has 0 bridgehead atoms. The van der Waals surface area contributed by atoms with Gasteiger partial charge in [0, 0.05) is 51.9 Å². The maximum absolute atomic E-state index is 10.6. The maximum Gasteiger partial charge on any atom is 0.490 e. The van der Waals surface area contributed by atoms with E-state index >= 15 is 0 Å². The zero-order valence-corrected chi connectivity index (χ0v) is 16.0. The standard InChI is InChI=1S/C16H23N5O.C2HF3O2/c1-22-13-16-17-15(18-19-16)7-8-20-9-11-21(12-10-20)14-5-3-2-4-6-14;3-2(4,5)1(6)7/h2-6H,7-13H2,1H3,(H,17,18,19);(H,6,7). The number of H-pyrrole nitrogens is 1. The molecular formula is C18H24F3N5O3. The minimum Gasteiger partial charge on any atom is -0.475 e. The first-order chi connectivity index (χ1) is 13.8. The normalized spacial score (nSPS) is 15.0. The Kier molecular flexibility index (Phi) is 8.40. The van der Waals surface area contributed by atoms with Crippen molar-refractivity contribution in [3.63, 3.8) is 0 Å². The van der Waals surface area contributed by atoms with E-state index < -0.39 is 12.1 Å². The summed E-state index contributed by atoms with van der Waals surface area (Å²) < 4.78 is 36.8. The zero-order chi connectivity index (χ0) is 21.3. The van der Waals surface area contributed by atoms with E-state index in [1.165, 1.54) is 5.69 Å². The highest BCUT2D eigenvalue weighted by atomic mass is 19.4. The summed E-state index contributed by atoms with van der Waals surface area (Å²) in [7, 11) is 1.66. The third-order valence-electron chi connectivity index (χ3n) is 4.25. The third kappa shape index (κ3) is 7.70. The number of nitrogens with one attached hydrogen (secondary N) is 1. The van der Waals surface area contributed by atoms with Crippen molar-refractivity contribution in [1.29, 1.82) is 0 Å². The highest BCUT2D eigenvalue weighted by Gasteiger charge is 2.38. The largest absolute Gasteiger partial charge is 0.490 e. The van der Waals surface area contributed by atoms with Crippen LogP contribution in [0.1, 0.15) is 11.6 Å².